The average Bonchev–Trinajstić information content (AvgIpc) is 2.88. The van der Waals surface area contributed by atoms with Crippen molar-refractivity contribution < 1.29 is 9.18 Å². The van der Waals surface area contributed by atoms with Gasteiger partial charge in [-0.3, -0.25) is 4.79 Å². The van der Waals surface area contributed by atoms with Gasteiger partial charge in [-0.25, -0.2) is 14.1 Å². The monoisotopic (exact) mass is 388 g/mol. The first kappa shape index (κ1) is 16.3. The second kappa shape index (κ2) is 6.52. The lowest BCUT2D eigenvalue weighted by Gasteiger charge is -2.08. The van der Waals surface area contributed by atoms with Crippen LogP contribution in [0.25, 0.3) is 5.69 Å². The van der Waals surface area contributed by atoms with Gasteiger partial charge in [0.25, 0.3) is 5.91 Å². The van der Waals surface area contributed by atoms with Gasteiger partial charge >= 0.3 is 0 Å². The standard InChI is InChI=1S/C17H14BrFN4O/c1-10-20-11(2)23(22-10)14-6-3-12(4-7-14)17(24)21-16-8-5-13(18)9-15(16)19/h3-9H,1-2H3,(H,21,24). The average molecular weight is 389 g/mol. The third kappa shape index (κ3) is 3.35. The smallest absolute Gasteiger partial charge is 0.255 e. The number of hydrogen-bond acceptors (Lipinski definition) is 3. The van der Waals surface area contributed by atoms with E-state index < -0.39 is 5.82 Å². The van der Waals surface area contributed by atoms with Crippen molar-refractivity contribution in [2.45, 2.75) is 13.8 Å². The molecule has 0 bridgehead atoms. The largest absolute Gasteiger partial charge is 0.319 e. The lowest BCUT2D eigenvalue weighted by atomic mass is 10.2. The second-order valence-electron chi connectivity index (χ2n) is 5.24. The third-order valence-corrected chi connectivity index (χ3v) is 3.92. The number of carbonyl (C=O) groups excluding carboxylic acids is 1. The third-order valence-electron chi connectivity index (χ3n) is 3.43. The van der Waals surface area contributed by atoms with E-state index in [1.54, 1.807) is 35.0 Å². The van der Waals surface area contributed by atoms with Gasteiger partial charge in [0.05, 0.1) is 11.4 Å². The molecule has 5 nitrogen and oxygen atoms in total. The van der Waals surface area contributed by atoms with E-state index in [1.807, 2.05) is 13.8 Å². The van der Waals surface area contributed by atoms with Crippen LogP contribution >= 0.6 is 15.9 Å². The highest BCUT2D eigenvalue weighted by molar-refractivity contribution is 9.10. The van der Waals surface area contributed by atoms with Gasteiger partial charge in [-0.15, -0.1) is 0 Å². The number of nitrogens with zero attached hydrogens (tertiary/aromatic N) is 3. The number of carbonyl (C=O) groups is 1. The molecule has 0 unspecified atom stereocenters. The van der Waals surface area contributed by atoms with Crippen molar-refractivity contribution in [2.24, 2.45) is 0 Å². The van der Waals surface area contributed by atoms with Crippen LogP contribution in [-0.4, -0.2) is 20.7 Å². The molecule has 0 saturated carbocycles. The lowest BCUT2D eigenvalue weighted by Crippen LogP contribution is -2.13. The summed E-state index contributed by atoms with van der Waals surface area (Å²) in [6.07, 6.45) is 0. The van der Waals surface area contributed by atoms with Gasteiger partial charge in [-0.05, 0) is 56.3 Å². The molecule has 3 rings (SSSR count). The molecule has 0 spiro atoms. The molecule has 0 atom stereocenters. The fourth-order valence-electron chi connectivity index (χ4n) is 2.30. The Morgan fingerprint density at radius 2 is 1.88 bits per heavy atom. The predicted molar refractivity (Wildman–Crippen MR) is 92.9 cm³/mol. The Morgan fingerprint density at radius 3 is 2.46 bits per heavy atom. The van der Waals surface area contributed by atoms with Gasteiger partial charge < -0.3 is 5.32 Å². The summed E-state index contributed by atoms with van der Waals surface area (Å²) >= 11 is 3.18. The zero-order valence-electron chi connectivity index (χ0n) is 13.0. The summed E-state index contributed by atoms with van der Waals surface area (Å²) in [7, 11) is 0. The molecule has 2 aromatic carbocycles. The summed E-state index contributed by atoms with van der Waals surface area (Å²) in [4.78, 5) is 16.5. The first-order valence-corrected chi connectivity index (χ1v) is 8.00. The molecule has 0 aliphatic rings. The summed E-state index contributed by atoms with van der Waals surface area (Å²) in [5.74, 6) is 0.569. The minimum absolute atomic E-state index is 0.134. The van der Waals surface area contributed by atoms with Gasteiger partial charge in [0.2, 0.25) is 0 Å². The Morgan fingerprint density at radius 1 is 1.17 bits per heavy atom. The Bertz CT molecular complexity index is 905. The zero-order valence-corrected chi connectivity index (χ0v) is 14.6. The van der Waals surface area contributed by atoms with E-state index in [2.05, 4.69) is 31.3 Å². The summed E-state index contributed by atoms with van der Waals surface area (Å²) in [5, 5.41) is 6.85. The minimum atomic E-state index is -0.497. The van der Waals surface area contributed by atoms with E-state index >= 15 is 0 Å². The van der Waals surface area contributed by atoms with Crippen LogP contribution < -0.4 is 5.32 Å². The summed E-state index contributed by atoms with van der Waals surface area (Å²) in [5.41, 5.74) is 1.37. The highest BCUT2D eigenvalue weighted by Crippen LogP contribution is 2.20. The molecule has 1 amide bonds. The predicted octanol–water partition coefficient (Wildman–Crippen LogP) is 4.04. The maximum absolute atomic E-state index is 13.8. The minimum Gasteiger partial charge on any atom is -0.319 e. The first-order chi connectivity index (χ1) is 11.4. The molecule has 0 aliphatic heterocycles. The number of rotatable bonds is 3. The topological polar surface area (TPSA) is 59.8 Å². The molecule has 0 fully saturated rings. The SMILES string of the molecule is Cc1nc(C)n(-c2ccc(C(=O)Nc3ccc(Br)cc3F)cc2)n1. The number of benzene rings is 2. The van der Waals surface area contributed by atoms with Crippen molar-refractivity contribution in [3.8, 4) is 5.69 Å². The van der Waals surface area contributed by atoms with Crippen LogP contribution in [0.3, 0.4) is 0 Å². The molecule has 24 heavy (non-hydrogen) atoms. The molecule has 0 aliphatic carbocycles. The summed E-state index contributed by atoms with van der Waals surface area (Å²) in [6.45, 7) is 3.68. The van der Waals surface area contributed by atoms with E-state index in [-0.39, 0.29) is 11.6 Å². The number of aromatic nitrogens is 3. The number of nitrogens with one attached hydrogen (secondary N) is 1. The Balaban J connectivity index is 1.80. The lowest BCUT2D eigenvalue weighted by molar-refractivity contribution is 0.102. The molecule has 3 aromatic rings. The van der Waals surface area contributed by atoms with E-state index in [9.17, 15) is 9.18 Å². The fraction of sp³-hybridized carbons (Fsp3) is 0.118. The maximum atomic E-state index is 13.8. The van der Waals surface area contributed by atoms with Crippen LogP contribution in [0.2, 0.25) is 0 Å². The Labute approximate surface area is 146 Å². The molecule has 0 saturated heterocycles. The normalized spacial score (nSPS) is 10.7. The van der Waals surface area contributed by atoms with Gasteiger partial charge in [0.15, 0.2) is 0 Å². The molecule has 1 N–H and O–H groups in total. The quantitative estimate of drug-likeness (QED) is 0.736. The van der Waals surface area contributed by atoms with Crippen LogP contribution in [0.15, 0.2) is 46.9 Å². The van der Waals surface area contributed by atoms with E-state index in [1.165, 1.54) is 12.1 Å². The second-order valence-corrected chi connectivity index (χ2v) is 6.16. The van der Waals surface area contributed by atoms with Crippen molar-refractivity contribution in [3.05, 3.63) is 70.0 Å². The summed E-state index contributed by atoms with van der Waals surface area (Å²) in [6, 6.07) is 11.3. The van der Waals surface area contributed by atoms with Crippen LogP contribution in [0.5, 0.6) is 0 Å². The number of hydrogen-bond donors (Lipinski definition) is 1. The van der Waals surface area contributed by atoms with Gasteiger partial charge in [-0.1, -0.05) is 15.9 Å². The molecule has 122 valence electrons. The molecular weight excluding hydrogens is 375 g/mol. The molecule has 7 heteroatoms. The zero-order chi connectivity index (χ0) is 17.3. The van der Waals surface area contributed by atoms with Gasteiger partial charge in [0.1, 0.15) is 17.5 Å². The number of halogens is 2. The van der Waals surface area contributed by atoms with Crippen LogP contribution in [0.4, 0.5) is 10.1 Å². The number of amides is 1. The molecule has 0 radical (unpaired) electrons. The van der Waals surface area contributed by atoms with Crippen molar-refractivity contribution in [1.82, 2.24) is 14.8 Å². The van der Waals surface area contributed by atoms with Crippen LogP contribution in [-0.2, 0) is 0 Å². The van der Waals surface area contributed by atoms with Crippen LogP contribution in [0.1, 0.15) is 22.0 Å². The molecule has 1 heterocycles. The number of aryl methyl sites for hydroxylation is 2. The van der Waals surface area contributed by atoms with E-state index in [4.69, 9.17) is 0 Å². The van der Waals surface area contributed by atoms with Crippen molar-refractivity contribution in [1.29, 1.82) is 0 Å². The van der Waals surface area contributed by atoms with E-state index in [0.717, 1.165) is 11.5 Å². The highest BCUT2D eigenvalue weighted by atomic mass is 79.9. The van der Waals surface area contributed by atoms with Crippen molar-refractivity contribution >= 4 is 27.5 Å². The van der Waals surface area contributed by atoms with Crippen LogP contribution in [0, 0.1) is 19.7 Å². The van der Waals surface area contributed by atoms with Gasteiger partial charge in [-0.2, -0.15) is 5.10 Å². The first-order valence-electron chi connectivity index (χ1n) is 7.21. The molecule has 1 aromatic heterocycles. The maximum Gasteiger partial charge on any atom is 0.255 e. The highest BCUT2D eigenvalue weighted by Gasteiger charge is 2.11. The van der Waals surface area contributed by atoms with Crippen molar-refractivity contribution in [2.75, 3.05) is 5.32 Å². The molecular formula is C17H14BrFN4O. The van der Waals surface area contributed by atoms with E-state index in [0.29, 0.717) is 15.9 Å². The number of anilines is 1. The summed E-state index contributed by atoms with van der Waals surface area (Å²) < 4.78 is 16.1. The van der Waals surface area contributed by atoms with Gasteiger partial charge in [0, 0.05) is 10.0 Å². The Kier molecular flexibility index (Phi) is 4.44. The Hall–Kier alpha value is -2.54. The van der Waals surface area contributed by atoms with Crippen molar-refractivity contribution in [3.63, 3.8) is 0 Å². The fourth-order valence-corrected chi connectivity index (χ4v) is 2.64.